The molecular formula is C13H12F3N3O. The molecule has 0 saturated carbocycles. The Kier molecular flexibility index (Phi) is 4.07. The van der Waals surface area contributed by atoms with Crippen molar-refractivity contribution in [2.45, 2.75) is 19.3 Å². The van der Waals surface area contributed by atoms with Crippen molar-refractivity contribution in [1.29, 1.82) is 0 Å². The third kappa shape index (κ3) is 4.11. The highest BCUT2D eigenvalue weighted by Gasteiger charge is 2.30. The van der Waals surface area contributed by atoms with Crippen LogP contribution in [0.5, 0.6) is 5.75 Å². The van der Waals surface area contributed by atoms with Gasteiger partial charge in [0.25, 0.3) is 0 Å². The average molecular weight is 283 g/mol. The molecule has 0 fully saturated rings. The van der Waals surface area contributed by atoms with Gasteiger partial charge in [-0.2, -0.15) is 0 Å². The van der Waals surface area contributed by atoms with Gasteiger partial charge in [0, 0.05) is 18.1 Å². The van der Waals surface area contributed by atoms with Gasteiger partial charge in [-0.3, -0.25) is 9.97 Å². The molecule has 0 spiro atoms. The molecule has 0 aliphatic heterocycles. The predicted molar refractivity (Wildman–Crippen MR) is 67.2 cm³/mol. The summed E-state index contributed by atoms with van der Waals surface area (Å²) in [5, 5.41) is 3.11. The van der Waals surface area contributed by atoms with Crippen molar-refractivity contribution in [3.05, 3.63) is 48.5 Å². The zero-order valence-electron chi connectivity index (χ0n) is 10.6. The van der Waals surface area contributed by atoms with Gasteiger partial charge >= 0.3 is 6.36 Å². The second kappa shape index (κ2) is 5.77. The quantitative estimate of drug-likeness (QED) is 0.932. The topological polar surface area (TPSA) is 47.0 Å². The maximum absolute atomic E-state index is 12.0. The van der Waals surface area contributed by atoms with E-state index < -0.39 is 6.36 Å². The Bertz CT molecular complexity index is 543. The molecule has 2 aromatic rings. The SMILES string of the molecule is CC(Nc1ccc(OC(F)(F)F)cc1)c1cnccn1. The smallest absolute Gasteiger partial charge is 0.406 e. The van der Waals surface area contributed by atoms with Crippen LogP contribution < -0.4 is 10.1 Å². The zero-order chi connectivity index (χ0) is 14.6. The lowest BCUT2D eigenvalue weighted by Gasteiger charge is -2.15. The van der Waals surface area contributed by atoms with Crippen LogP contribution >= 0.6 is 0 Å². The lowest BCUT2D eigenvalue weighted by molar-refractivity contribution is -0.274. The number of aromatic nitrogens is 2. The van der Waals surface area contributed by atoms with Gasteiger partial charge in [-0.15, -0.1) is 13.2 Å². The molecule has 7 heteroatoms. The van der Waals surface area contributed by atoms with Crippen LogP contribution in [0, 0.1) is 0 Å². The first-order valence-electron chi connectivity index (χ1n) is 5.82. The van der Waals surface area contributed by atoms with E-state index in [1.807, 2.05) is 6.92 Å². The average Bonchev–Trinajstić information content (AvgIpc) is 2.40. The summed E-state index contributed by atoms with van der Waals surface area (Å²) in [5.41, 5.74) is 1.40. The van der Waals surface area contributed by atoms with Gasteiger partial charge in [-0.05, 0) is 31.2 Å². The lowest BCUT2D eigenvalue weighted by atomic mass is 10.2. The summed E-state index contributed by atoms with van der Waals surface area (Å²) >= 11 is 0. The lowest BCUT2D eigenvalue weighted by Crippen LogP contribution is -2.17. The fourth-order valence-corrected chi connectivity index (χ4v) is 1.61. The second-order valence-electron chi connectivity index (χ2n) is 4.07. The largest absolute Gasteiger partial charge is 0.573 e. The summed E-state index contributed by atoms with van der Waals surface area (Å²) < 4.78 is 39.9. The van der Waals surface area contributed by atoms with Crippen LogP contribution in [0.1, 0.15) is 18.7 Å². The highest BCUT2D eigenvalue weighted by Crippen LogP contribution is 2.25. The molecule has 1 aromatic carbocycles. The highest BCUT2D eigenvalue weighted by molar-refractivity contribution is 5.47. The van der Waals surface area contributed by atoms with Crippen LogP contribution in [0.15, 0.2) is 42.9 Å². The Morgan fingerprint density at radius 1 is 1.15 bits per heavy atom. The van der Waals surface area contributed by atoms with E-state index in [4.69, 9.17) is 0 Å². The van der Waals surface area contributed by atoms with E-state index in [-0.39, 0.29) is 11.8 Å². The third-order valence-electron chi connectivity index (χ3n) is 2.50. The first kappa shape index (κ1) is 14.1. The van der Waals surface area contributed by atoms with E-state index >= 15 is 0 Å². The molecular weight excluding hydrogens is 271 g/mol. The molecule has 0 saturated heterocycles. The minimum atomic E-state index is -4.68. The number of rotatable bonds is 4. The number of anilines is 1. The Labute approximate surface area is 113 Å². The summed E-state index contributed by atoms with van der Waals surface area (Å²) in [6.45, 7) is 1.88. The van der Waals surface area contributed by atoms with E-state index in [1.54, 1.807) is 18.6 Å². The molecule has 0 aliphatic carbocycles. The molecule has 0 amide bonds. The van der Waals surface area contributed by atoms with Gasteiger partial charge in [0.2, 0.25) is 0 Å². The summed E-state index contributed by atoms with van der Waals surface area (Å²) in [6.07, 6.45) is 0.0912. The molecule has 0 aliphatic rings. The Morgan fingerprint density at radius 3 is 2.40 bits per heavy atom. The number of nitrogens with one attached hydrogen (secondary N) is 1. The van der Waals surface area contributed by atoms with E-state index in [1.165, 1.54) is 24.3 Å². The van der Waals surface area contributed by atoms with Crippen LogP contribution in [-0.2, 0) is 0 Å². The van der Waals surface area contributed by atoms with Crippen molar-refractivity contribution in [2.24, 2.45) is 0 Å². The van der Waals surface area contributed by atoms with Crippen LogP contribution in [0.2, 0.25) is 0 Å². The highest BCUT2D eigenvalue weighted by atomic mass is 19.4. The molecule has 1 heterocycles. The maximum Gasteiger partial charge on any atom is 0.573 e. The number of alkyl halides is 3. The second-order valence-corrected chi connectivity index (χ2v) is 4.07. The van der Waals surface area contributed by atoms with E-state index in [2.05, 4.69) is 20.0 Å². The van der Waals surface area contributed by atoms with E-state index in [0.717, 1.165) is 5.69 Å². The van der Waals surface area contributed by atoms with Gasteiger partial charge in [0.1, 0.15) is 5.75 Å². The van der Waals surface area contributed by atoms with Crippen molar-refractivity contribution in [3.8, 4) is 5.75 Å². The molecule has 0 bridgehead atoms. The Morgan fingerprint density at radius 2 is 1.85 bits per heavy atom. The number of benzene rings is 1. The molecule has 1 N–H and O–H groups in total. The minimum Gasteiger partial charge on any atom is -0.406 e. The van der Waals surface area contributed by atoms with E-state index in [0.29, 0.717) is 5.69 Å². The molecule has 1 aromatic heterocycles. The molecule has 1 atom stereocenters. The summed E-state index contributed by atoms with van der Waals surface area (Å²) in [6, 6.07) is 5.40. The Hall–Kier alpha value is -2.31. The first-order valence-corrected chi connectivity index (χ1v) is 5.82. The number of hydrogen-bond acceptors (Lipinski definition) is 4. The number of nitrogens with zero attached hydrogens (tertiary/aromatic N) is 2. The zero-order valence-corrected chi connectivity index (χ0v) is 10.6. The number of ether oxygens (including phenoxy) is 1. The van der Waals surface area contributed by atoms with Gasteiger partial charge in [-0.1, -0.05) is 0 Å². The van der Waals surface area contributed by atoms with Crippen molar-refractivity contribution < 1.29 is 17.9 Å². The number of halogens is 3. The molecule has 20 heavy (non-hydrogen) atoms. The Balaban J connectivity index is 2.00. The standard InChI is InChI=1S/C13H12F3N3O/c1-9(12-8-17-6-7-18-12)19-10-2-4-11(5-3-10)20-13(14,15)16/h2-9,19H,1H3. The van der Waals surface area contributed by atoms with Crippen LogP contribution in [0.4, 0.5) is 18.9 Å². The van der Waals surface area contributed by atoms with Gasteiger partial charge in [0.05, 0.1) is 17.9 Å². The third-order valence-corrected chi connectivity index (χ3v) is 2.50. The minimum absolute atomic E-state index is 0.113. The van der Waals surface area contributed by atoms with Crippen molar-refractivity contribution >= 4 is 5.69 Å². The van der Waals surface area contributed by atoms with Gasteiger partial charge < -0.3 is 10.1 Å². The fraction of sp³-hybridized carbons (Fsp3) is 0.231. The molecule has 106 valence electrons. The summed E-state index contributed by atoms with van der Waals surface area (Å²) in [5.74, 6) is -0.254. The molecule has 4 nitrogen and oxygen atoms in total. The van der Waals surface area contributed by atoms with Crippen LogP contribution in [0.3, 0.4) is 0 Å². The van der Waals surface area contributed by atoms with Gasteiger partial charge in [-0.25, -0.2) is 0 Å². The predicted octanol–water partition coefficient (Wildman–Crippen LogP) is 3.55. The summed E-state index contributed by atoms with van der Waals surface area (Å²) in [7, 11) is 0. The normalized spacial score (nSPS) is 12.8. The van der Waals surface area contributed by atoms with Gasteiger partial charge in [0.15, 0.2) is 0 Å². The van der Waals surface area contributed by atoms with Crippen LogP contribution in [-0.4, -0.2) is 16.3 Å². The fourth-order valence-electron chi connectivity index (χ4n) is 1.61. The van der Waals surface area contributed by atoms with E-state index in [9.17, 15) is 13.2 Å². The van der Waals surface area contributed by atoms with Crippen LogP contribution in [0.25, 0.3) is 0 Å². The first-order chi connectivity index (χ1) is 9.44. The van der Waals surface area contributed by atoms with Crippen molar-refractivity contribution in [3.63, 3.8) is 0 Å². The van der Waals surface area contributed by atoms with Crippen molar-refractivity contribution in [1.82, 2.24) is 9.97 Å². The monoisotopic (exact) mass is 283 g/mol. The summed E-state index contributed by atoms with van der Waals surface area (Å²) in [4.78, 5) is 8.10. The van der Waals surface area contributed by atoms with Crippen molar-refractivity contribution in [2.75, 3.05) is 5.32 Å². The number of hydrogen-bond donors (Lipinski definition) is 1. The maximum atomic E-state index is 12.0. The molecule has 1 unspecified atom stereocenters. The molecule has 0 radical (unpaired) electrons. The molecule has 2 rings (SSSR count).